The minimum atomic E-state index is -0.264. The second-order valence-corrected chi connectivity index (χ2v) is 9.14. The Hall–Kier alpha value is -2.74. The fraction of sp³-hybridized carbons (Fsp3) is 0.500. The molecule has 3 aromatic rings. The van der Waals surface area contributed by atoms with Gasteiger partial charge in [-0.2, -0.15) is 0 Å². The van der Waals surface area contributed by atoms with Crippen LogP contribution in [-0.2, 0) is 0 Å². The average Bonchev–Trinajstić information content (AvgIpc) is 3.56. The predicted molar refractivity (Wildman–Crippen MR) is 111 cm³/mol. The lowest BCUT2D eigenvalue weighted by Gasteiger charge is -2.25. The summed E-state index contributed by atoms with van der Waals surface area (Å²) >= 11 is 0. The van der Waals surface area contributed by atoms with Crippen molar-refractivity contribution in [2.45, 2.75) is 50.6 Å². The number of pyridine rings is 1. The van der Waals surface area contributed by atoms with Gasteiger partial charge in [0.05, 0.1) is 11.2 Å². The Labute approximate surface area is 172 Å². The van der Waals surface area contributed by atoms with E-state index in [1.54, 1.807) is 12.1 Å². The van der Waals surface area contributed by atoms with E-state index in [0.717, 1.165) is 56.3 Å². The first-order valence-electron chi connectivity index (χ1n) is 10.6. The van der Waals surface area contributed by atoms with Gasteiger partial charge in [0.15, 0.2) is 0 Å². The molecule has 7 nitrogen and oxygen atoms in total. The van der Waals surface area contributed by atoms with Crippen molar-refractivity contribution < 1.29 is 8.81 Å². The minimum absolute atomic E-state index is 0.0644. The van der Waals surface area contributed by atoms with Gasteiger partial charge >= 0.3 is 0 Å². The van der Waals surface area contributed by atoms with Crippen LogP contribution in [0.25, 0.3) is 22.4 Å². The lowest BCUT2D eigenvalue weighted by Crippen LogP contribution is -2.35. The first-order chi connectivity index (χ1) is 14.5. The second kappa shape index (κ2) is 6.14. The van der Waals surface area contributed by atoms with Gasteiger partial charge in [0.25, 0.3) is 11.4 Å². The standard InChI is InChI=1S/C22H24FN5O2/c1-12-18-13(8-16(20-26-25-11-30-20)21(29)28(18)15-2-3-15)9-17(23)19(12)27-7-4-14(10-27)22(24)5-6-22/h8-9,11,14-15H,2-7,10,24H2,1H3/t14-/m1/s1. The van der Waals surface area contributed by atoms with Crippen LogP contribution in [0.2, 0.25) is 0 Å². The summed E-state index contributed by atoms with van der Waals surface area (Å²) in [4.78, 5) is 15.5. The van der Waals surface area contributed by atoms with Crippen LogP contribution in [0.3, 0.4) is 0 Å². The number of halogens is 1. The number of nitrogens with zero attached hydrogens (tertiary/aromatic N) is 4. The van der Waals surface area contributed by atoms with Crippen molar-refractivity contribution in [2.75, 3.05) is 18.0 Å². The van der Waals surface area contributed by atoms with Crippen LogP contribution in [0.1, 0.15) is 43.7 Å². The monoisotopic (exact) mass is 409 g/mol. The van der Waals surface area contributed by atoms with Gasteiger partial charge in [0.2, 0.25) is 6.39 Å². The molecular weight excluding hydrogens is 385 g/mol. The highest BCUT2D eigenvalue weighted by atomic mass is 19.1. The molecule has 1 aromatic carbocycles. The predicted octanol–water partition coefficient (Wildman–Crippen LogP) is 3.15. The first kappa shape index (κ1) is 18.1. The van der Waals surface area contributed by atoms with E-state index in [9.17, 15) is 4.79 Å². The van der Waals surface area contributed by atoms with Crippen molar-refractivity contribution in [3.8, 4) is 11.5 Å². The number of hydrogen-bond acceptors (Lipinski definition) is 6. The van der Waals surface area contributed by atoms with E-state index in [1.165, 1.54) is 6.39 Å². The third-order valence-corrected chi connectivity index (χ3v) is 7.13. The molecule has 2 aromatic heterocycles. The molecule has 2 N–H and O–H groups in total. The molecule has 0 bridgehead atoms. The van der Waals surface area contributed by atoms with Crippen molar-refractivity contribution in [3.05, 3.63) is 40.3 Å². The molecule has 1 aliphatic heterocycles. The number of rotatable bonds is 4. The molecule has 0 radical (unpaired) electrons. The van der Waals surface area contributed by atoms with Gasteiger partial charge in [0, 0.05) is 30.1 Å². The van der Waals surface area contributed by atoms with Gasteiger partial charge in [-0.05, 0) is 62.6 Å². The molecular formula is C22H24FN5O2. The molecule has 3 fully saturated rings. The van der Waals surface area contributed by atoms with Gasteiger partial charge < -0.3 is 19.6 Å². The SMILES string of the molecule is Cc1c(N2CC[C@@H](C3(N)CC3)C2)c(F)cc2cc(-c3nnco3)c(=O)n(C3CC3)c12. The zero-order valence-electron chi connectivity index (χ0n) is 16.9. The Balaban J connectivity index is 1.53. The first-order valence-corrected chi connectivity index (χ1v) is 10.6. The third kappa shape index (κ3) is 2.62. The molecule has 30 heavy (non-hydrogen) atoms. The van der Waals surface area contributed by atoms with Gasteiger partial charge in [0.1, 0.15) is 11.4 Å². The summed E-state index contributed by atoms with van der Waals surface area (Å²) in [7, 11) is 0. The smallest absolute Gasteiger partial charge is 0.264 e. The molecule has 3 heterocycles. The molecule has 6 rings (SSSR count). The molecule has 3 aliphatic rings. The van der Waals surface area contributed by atoms with Crippen LogP contribution >= 0.6 is 0 Å². The zero-order valence-corrected chi connectivity index (χ0v) is 16.9. The molecule has 1 atom stereocenters. The van der Waals surface area contributed by atoms with Crippen LogP contribution in [0.4, 0.5) is 10.1 Å². The molecule has 2 saturated carbocycles. The van der Waals surface area contributed by atoms with Crippen LogP contribution in [0.15, 0.2) is 27.7 Å². The normalized spacial score (nSPS) is 22.8. The van der Waals surface area contributed by atoms with E-state index in [1.807, 2.05) is 11.5 Å². The van der Waals surface area contributed by atoms with E-state index >= 15 is 4.39 Å². The highest BCUT2D eigenvalue weighted by Crippen LogP contribution is 2.46. The molecule has 8 heteroatoms. The lowest BCUT2D eigenvalue weighted by molar-refractivity contribution is 0.442. The largest absolute Gasteiger partial charge is 0.423 e. The maximum Gasteiger partial charge on any atom is 0.264 e. The van der Waals surface area contributed by atoms with Gasteiger partial charge in [-0.1, -0.05) is 0 Å². The van der Waals surface area contributed by atoms with E-state index in [4.69, 9.17) is 10.2 Å². The van der Waals surface area contributed by atoms with Gasteiger partial charge in [-0.15, -0.1) is 10.2 Å². The fourth-order valence-electron chi connectivity index (χ4n) is 5.16. The summed E-state index contributed by atoms with van der Waals surface area (Å²) in [6.45, 7) is 3.49. The molecule has 156 valence electrons. The van der Waals surface area contributed by atoms with Crippen LogP contribution in [0, 0.1) is 18.7 Å². The van der Waals surface area contributed by atoms with E-state index in [0.29, 0.717) is 22.6 Å². The summed E-state index contributed by atoms with van der Waals surface area (Å²) in [6, 6.07) is 3.35. The molecule has 0 unspecified atom stereocenters. The summed E-state index contributed by atoms with van der Waals surface area (Å²) in [5, 5.41) is 8.26. The molecule has 1 saturated heterocycles. The Morgan fingerprint density at radius 1 is 1.27 bits per heavy atom. The van der Waals surface area contributed by atoms with E-state index in [2.05, 4.69) is 15.1 Å². The van der Waals surface area contributed by atoms with Gasteiger partial charge in [-0.3, -0.25) is 4.79 Å². The number of aromatic nitrogens is 3. The number of fused-ring (bicyclic) bond motifs is 1. The highest BCUT2D eigenvalue weighted by Gasteiger charge is 2.48. The van der Waals surface area contributed by atoms with Crippen LogP contribution < -0.4 is 16.2 Å². The Bertz CT molecular complexity index is 1210. The number of anilines is 1. The zero-order chi connectivity index (χ0) is 20.6. The van der Waals surface area contributed by atoms with Gasteiger partial charge in [-0.25, -0.2) is 4.39 Å². The number of hydrogen-bond donors (Lipinski definition) is 1. The lowest BCUT2D eigenvalue weighted by atomic mass is 9.97. The highest BCUT2D eigenvalue weighted by molar-refractivity contribution is 5.90. The van der Waals surface area contributed by atoms with Crippen molar-refractivity contribution in [1.82, 2.24) is 14.8 Å². The van der Waals surface area contributed by atoms with Crippen LogP contribution in [0.5, 0.6) is 0 Å². The average molecular weight is 409 g/mol. The summed E-state index contributed by atoms with van der Waals surface area (Å²) in [5.41, 5.74) is 8.75. The summed E-state index contributed by atoms with van der Waals surface area (Å²) in [5.74, 6) is 0.302. The van der Waals surface area contributed by atoms with Crippen molar-refractivity contribution in [1.29, 1.82) is 0 Å². The number of aryl methyl sites for hydroxylation is 1. The maximum atomic E-state index is 15.4. The third-order valence-electron chi connectivity index (χ3n) is 7.13. The topological polar surface area (TPSA) is 90.2 Å². The Morgan fingerprint density at radius 3 is 2.73 bits per heavy atom. The Kier molecular flexibility index (Phi) is 3.69. The van der Waals surface area contributed by atoms with Crippen molar-refractivity contribution in [2.24, 2.45) is 11.7 Å². The quantitative estimate of drug-likeness (QED) is 0.712. The van der Waals surface area contributed by atoms with E-state index in [-0.39, 0.29) is 28.8 Å². The second-order valence-electron chi connectivity index (χ2n) is 9.14. The molecule has 0 amide bonds. The molecule has 0 spiro atoms. The number of benzene rings is 1. The minimum Gasteiger partial charge on any atom is -0.423 e. The summed E-state index contributed by atoms with van der Waals surface area (Å²) in [6.07, 6.45) is 6.18. The molecule has 2 aliphatic carbocycles. The van der Waals surface area contributed by atoms with E-state index < -0.39 is 0 Å². The van der Waals surface area contributed by atoms with Crippen LogP contribution in [-0.4, -0.2) is 33.4 Å². The Morgan fingerprint density at radius 2 is 2.07 bits per heavy atom. The number of nitrogens with two attached hydrogens (primary N) is 1. The fourth-order valence-corrected chi connectivity index (χ4v) is 5.16. The van der Waals surface area contributed by atoms with Crippen molar-refractivity contribution >= 4 is 16.6 Å². The maximum absolute atomic E-state index is 15.4. The van der Waals surface area contributed by atoms with Crippen molar-refractivity contribution in [3.63, 3.8) is 0 Å². The summed E-state index contributed by atoms with van der Waals surface area (Å²) < 4.78 is 22.5.